The van der Waals surface area contributed by atoms with Crippen LogP contribution in [0.2, 0.25) is 0 Å². The summed E-state index contributed by atoms with van der Waals surface area (Å²) in [6.07, 6.45) is 5.68. The average molecular weight is 212 g/mol. The smallest absolute Gasteiger partial charge is 0.0883 e. The standard InChI is InChI=1S/C9H16N4S/c10-5-9-3-1-2-4-13(9)7-8-6-11-14-12-8/h6,9H,1-5,7,10H2. The van der Waals surface area contributed by atoms with Crippen molar-refractivity contribution in [1.82, 2.24) is 13.6 Å². The van der Waals surface area contributed by atoms with E-state index in [1.165, 1.54) is 31.0 Å². The summed E-state index contributed by atoms with van der Waals surface area (Å²) in [7, 11) is 0. The van der Waals surface area contributed by atoms with E-state index >= 15 is 0 Å². The fraction of sp³-hybridized carbons (Fsp3) is 0.778. The average Bonchev–Trinajstić information content (AvgIpc) is 2.71. The Labute approximate surface area is 88.4 Å². The van der Waals surface area contributed by atoms with Crippen LogP contribution in [0.5, 0.6) is 0 Å². The number of rotatable bonds is 3. The van der Waals surface area contributed by atoms with Crippen LogP contribution in [0.4, 0.5) is 0 Å². The zero-order valence-corrected chi connectivity index (χ0v) is 9.04. The second-order valence-electron chi connectivity index (χ2n) is 3.75. The number of nitrogens with zero attached hydrogens (tertiary/aromatic N) is 3. The summed E-state index contributed by atoms with van der Waals surface area (Å²) in [6, 6.07) is 0.547. The van der Waals surface area contributed by atoms with Crippen molar-refractivity contribution >= 4 is 11.7 Å². The molecule has 1 aliphatic rings. The van der Waals surface area contributed by atoms with Crippen LogP contribution >= 0.6 is 11.7 Å². The van der Waals surface area contributed by atoms with E-state index in [0.717, 1.165) is 25.3 Å². The molecular formula is C9H16N4S. The first-order valence-corrected chi connectivity index (χ1v) is 5.83. The number of likely N-dealkylation sites (tertiary alicyclic amines) is 1. The van der Waals surface area contributed by atoms with Gasteiger partial charge < -0.3 is 5.73 Å². The molecule has 1 unspecified atom stereocenters. The van der Waals surface area contributed by atoms with Crippen molar-refractivity contribution in [3.05, 3.63) is 11.9 Å². The van der Waals surface area contributed by atoms with Crippen molar-refractivity contribution in [2.45, 2.75) is 31.8 Å². The molecule has 0 saturated carbocycles. The van der Waals surface area contributed by atoms with Gasteiger partial charge in [0.2, 0.25) is 0 Å². The predicted octanol–water partition coefficient (Wildman–Crippen LogP) is 0.851. The number of aromatic nitrogens is 2. The van der Waals surface area contributed by atoms with Gasteiger partial charge in [0.25, 0.3) is 0 Å². The molecule has 1 aromatic rings. The van der Waals surface area contributed by atoms with Crippen LogP contribution < -0.4 is 5.73 Å². The zero-order valence-electron chi connectivity index (χ0n) is 8.22. The molecule has 1 saturated heterocycles. The van der Waals surface area contributed by atoms with Crippen LogP contribution in [0.15, 0.2) is 6.20 Å². The number of hydrogen-bond acceptors (Lipinski definition) is 5. The molecule has 2 rings (SSSR count). The van der Waals surface area contributed by atoms with Crippen LogP contribution in [0.3, 0.4) is 0 Å². The highest BCUT2D eigenvalue weighted by Crippen LogP contribution is 2.18. The largest absolute Gasteiger partial charge is 0.329 e. The van der Waals surface area contributed by atoms with Crippen molar-refractivity contribution in [2.24, 2.45) is 5.73 Å². The highest BCUT2D eigenvalue weighted by Gasteiger charge is 2.21. The Bertz CT molecular complexity index is 262. The summed E-state index contributed by atoms with van der Waals surface area (Å²) in [5.41, 5.74) is 6.83. The minimum Gasteiger partial charge on any atom is -0.329 e. The van der Waals surface area contributed by atoms with Crippen LogP contribution in [0, 0.1) is 0 Å². The van der Waals surface area contributed by atoms with Crippen LogP contribution in [-0.2, 0) is 6.54 Å². The van der Waals surface area contributed by atoms with Gasteiger partial charge in [0.05, 0.1) is 23.6 Å². The third-order valence-electron chi connectivity index (χ3n) is 2.79. The van der Waals surface area contributed by atoms with Crippen molar-refractivity contribution in [3.8, 4) is 0 Å². The molecule has 1 aromatic heterocycles. The van der Waals surface area contributed by atoms with E-state index in [1.54, 1.807) is 0 Å². The summed E-state index contributed by atoms with van der Waals surface area (Å²) in [4.78, 5) is 2.43. The maximum absolute atomic E-state index is 5.75. The van der Waals surface area contributed by atoms with E-state index < -0.39 is 0 Å². The Kier molecular flexibility index (Phi) is 3.44. The molecule has 1 fully saturated rings. The van der Waals surface area contributed by atoms with E-state index in [2.05, 4.69) is 13.6 Å². The van der Waals surface area contributed by atoms with Gasteiger partial charge in [-0.25, -0.2) is 0 Å². The Balaban J connectivity index is 1.94. The monoisotopic (exact) mass is 212 g/mol. The van der Waals surface area contributed by atoms with E-state index in [-0.39, 0.29) is 0 Å². The van der Waals surface area contributed by atoms with Gasteiger partial charge in [0, 0.05) is 19.1 Å². The first-order chi connectivity index (χ1) is 6.90. The highest BCUT2D eigenvalue weighted by atomic mass is 32.1. The van der Waals surface area contributed by atoms with Gasteiger partial charge in [0.1, 0.15) is 0 Å². The lowest BCUT2D eigenvalue weighted by atomic mass is 10.0. The zero-order chi connectivity index (χ0) is 9.80. The molecule has 0 spiro atoms. The molecule has 2 N–H and O–H groups in total. The Hall–Kier alpha value is -0.520. The number of piperidine rings is 1. The fourth-order valence-electron chi connectivity index (χ4n) is 2.00. The van der Waals surface area contributed by atoms with Gasteiger partial charge in [-0.3, -0.25) is 4.90 Å². The third-order valence-corrected chi connectivity index (χ3v) is 3.31. The molecule has 1 aliphatic heterocycles. The summed E-state index contributed by atoms with van der Waals surface area (Å²) < 4.78 is 8.24. The van der Waals surface area contributed by atoms with Gasteiger partial charge in [-0.05, 0) is 19.4 Å². The summed E-state index contributed by atoms with van der Waals surface area (Å²) in [6.45, 7) is 2.83. The van der Waals surface area contributed by atoms with Crippen molar-refractivity contribution in [1.29, 1.82) is 0 Å². The summed E-state index contributed by atoms with van der Waals surface area (Å²) >= 11 is 1.28. The first kappa shape index (κ1) is 10.0. The van der Waals surface area contributed by atoms with Gasteiger partial charge in [-0.1, -0.05) is 6.42 Å². The molecule has 0 aromatic carbocycles. The molecule has 1 atom stereocenters. The predicted molar refractivity (Wildman–Crippen MR) is 57.0 cm³/mol. The van der Waals surface area contributed by atoms with Gasteiger partial charge in [-0.15, -0.1) is 0 Å². The highest BCUT2D eigenvalue weighted by molar-refractivity contribution is 6.99. The molecular weight excluding hydrogens is 196 g/mol. The molecule has 2 heterocycles. The van der Waals surface area contributed by atoms with E-state index in [0.29, 0.717) is 6.04 Å². The minimum absolute atomic E-state index is 0.547. The number of nitrogens with two attached hydrogens (primary N) is 1. The lowest BCUT2D eigenvalue weighted by Gasteiger charge is -2.34. The maximum atomic E-state index is 5.75. The topological polar surface area (TPSA) is 55.0 Å². The molecule has 14 heavy (non-hydrogen) atoms. The van der Waals surface area contributed by atoms with Crippen LogP contribution in [0.25, 0.3) is 0 Å². The Morgan fingerprint density at radius 1 is 1.57 bits per heavy atom. The Morgan fingerprint density at radius 3 is 3.21 bits per heavy atom. The minimum atomic E-state index is 0.547. The second kappa shape index (κ2) is 4.82. The molecule has 0 radical (unpaired) electrons. The fourth-order valence-corrected chi connectivity index (χ4v) is 2.42. The molecule has 0 bridgehead atoms. The summed E-state index contributed by atoms with van der Waals surface area (Å²) in [5.74, 6) is 0. The quantitative estimate of drug-likeness (QED) is 0.807. The molecule has 5 heteroatoms. The molecule has 0 amide bonds. The van der Waals surface area contributed by atoms with Crippen LogP contribution in [0.1, 0.15) is 25.0 Å². The lowest BCUT2D eigenvalue weighted by Crippen LogP contribution is -2.43. The van der Waals surface area contributed by atoms with E-state index in [4.69, 9.17) is 5.73 Å². The molecule has 78 valence electrons. The lowest BCUT2D eigenvalue weighted by molar-refractivity contribution is 0.143. The van der Waals surface area contributed by atoms with Gasteiger partial charge in [0.15, 0.2) is 0 Å². The number of hydrogen-bond donors (Lipinski definition) is 1. The molecule has 0 aliphatic carbocycles. The van der Waals surface area contributed by atoms with Gasteiger partial charge in [-0.2, -0.15) is 8.75 Å². The maximum Gasteiger partial charge on any atom is 0.0883 e. The summed E-state index contributed by atoms with van der Waals surface area (Å²) in [5, 5.41) is 0. The van der Waals surface area contributed by atoms with Crippen molar-refractivity contribution in [3.63, 3.8) is 0 Å². The SMILES string of the molecule is NCC1CCCCN1Cc1cnsn1. The van der Waals surface area contributed by atoms with Gasteiger partial charge >= 0.3 is 0 Å². The van der Waals surface area contributed by atoms with E-state index in [9.17, 15) is 0 Å². The van der Waals surface area contributed by atoms with Crippen molar-refractivity contribution < 1.29 is 0 Å². The van der Waals surface area contributed by atoms with Crippen molar-refractivity contribution in [2.75, 3.05) is 13.1 Å². The second-order valence-corrected chi connectivity index (χ2v) is 4.31. The normalized spacial score (nSPS) is 23.9. The van der Waals surface area contributed by atoms with Crippen LogP contribution in [-0.4, -0.2) is 32.8 Å². The van der Waals surface area contributed by atoms with E-state index in [1.807, 2.05) is 6.20 Å². The third kappa shape index (κ3) is 2.29. The Morgan fingerprint density at radius 2 is 2.50 bits per heavy atom. The molecule has 4 nitrogen and oxygen atoms in total. The first-order valence-electron chi connectivity index (χ1n) is 5.10.